The molecule has 0 atom stereocenters. The fourth-order valence-corrected chi connectivity index (χ4v) is 7.70. The molecule has 1 nitrogen and oxygen atoms in total. The van der Waals surface area contributed by atoms with Crippen molar-refractivity contribution in [2.45, 2.75) is 0 Å². The van der Waals surface area contributed by atoms with Crippen molar-refractivity contribution in [1.29, 1.82) is 0 Å². The molecule has 0 saturated carbocycles. The largest absolute Gasteiger partial charge is 0.309 e. The van der Waals surface area contributed by atoms with E-state index in [1.165, 1.54) is 80.3 Å². The molecule has 9 aromatic rings. The quantitative estimate of drug-likeness (QED) is 0.211. The third-order valence-electron chi connectivity index (χ3n) is 8.35. The number of hydrogen-bond acceptors (Lipinski definition) is 1. The molecule has 0 radical (unpaired) electrons. The lowest BCUT2D eigenvalue weighted by atomic mass is 10.0. The summed E-state index contributed by atoms with van der Waals surface area (Å²) in [5.74, 6) is 0. The molecule has 0 amide bonds. The minimum atomic E-state index is 1.18. The topological polar surface area (TPSA) is 4.93 Å². The third-order valence-corrected chi connectivity index (χ3v) is 9.47. The first kappa shape index (κ1) is 22.0. The summed E-state index contributed by atoms with van der Waals surface area (Å²) >= 11 is 1.90. The molecular formula is C38H23NS. The van der Waals surface area contributed by atoms with Crippen LogP contribution in [0.25, 0.3) is 80.3 Å². The van der Waals surface area contributed by atoms with Crippen molar-refractivity contribution in [2.75, 3.05) is 0 Å². The van der Waals surface area contributed by atoms with E-state index >= 15 is 0 Å². The number of benzene rings is 7. The van der Waals surface area contributed by atoms with E-state index in [2.05, 4.69) is 144 Å². The van der Waals surface area contributed by atoms with Gasteiger partial charge in [-0.1, -0.05) is 103 Å². The zero-order chi connectivity index (χ0) is 26.2. The van der Waals surface area contributed by atoms with Gasteiger partial charge < -0.3 is 4.57 Å². The molecule has 0 bridgehead atoms. The van der Waals surface area contributed by atoms with E-state index < -0.39 is 0 Å². The summed E-state index contributed by atoms with van der Waals surface area (Å²) in [5, 5.41) is 10.5. The Bertz CT molecular complexity index is 2420. The Morgan fingerprint density at radius 1 is 0.400 bits per heavy atom. The summed E-state index contributed by atoms with van der Waals surface area (Å²) in [5.41, 5.74) is 6.13. The van der Waals surface area contributed by atoms with Crippen molar-refractivity contribution in [2.24, 2.45) is 0 Å². The van der Waals surface area contributed by atoms with Crippen LogP contribution < -0.4 is 0 Å². The Morgan fingerprint density at radius 2 is 1.10 bits per heavy atom. The molecule has 0 unspecified atom stereocenters. The molecule has 2 heteroatoms. The number of hydrogen-bond donors (Lipinski definition) is 0. The Balaban J connectivity index is 1.45. The molecule has 40 heavy (non-hydrogen) atoms. The Kier molecular flexibility index (Phi) is 4.55. The van der Waals surface area contributed by atoms with E-state index in [9.17, 15) is 0 Å². The molecule has 2 heterocycles. The van der Waals surface area contributed by atoms with Crippen LogP contribution in [-0.2, 0) is 0 Å². The van der Waals surface area contributed by atoms with Gasteiger partial charge in [0.1, 0.15) is 0 Å². The highest BCUT2D eigenvalue weighted by Gasteiger charge is 2.18. The zero-order valence-electron chi connectivity index (χ0n) is 21.6. The van der Waals surface area contributed by atoms with Crippen molar-refractivity contribution in [3.63, 3.8) is 0 Å². The van der Waals surface area contributed by atoms with Gasteiger partial charge in [0, 0.05) is 36.6 Å². The fraction of sp³-hybridized carbons (Fsp3) is 0. The van der Waals surface area contributed by atoms with Crippen LogP contribution >= 0.6 is 11.3 Å². The van der Waals surface area contributed by atoms with E-state index in [0.717, 1.165) is 0 Å². The van der Waals surface area contributed by atoms with Gasteiger partial charge in [-0.2, -0.15) is 0 Å². The molecule has 9 rings (SSSR count). The first-order chi connectivity index (χ1) is 19.8. The summed E-state index contributed by atoms with van der Waals surface area (Å²) in [6, 6.07) is 51.2. The summed E-state index contributed by atoms with van der Waals surface area (Å²) in [7, 11) is 0. The maximum Gasteiger partial charge on any atom is 0.0555 e. The summed E-state index contributed by atoms with van der Waals surface area (Å²) in [4.78, 5) is 0. The van der Waals surface area contributed by atoms with E-state index in [4.69, 9.17) is 0 Å². The van der Waals surface area contributed by atoms with Crippen LogP contribution in [0.2, 0.25) is 0 Å². The number of nitrogens with zero attached hydrogens (tertiary/aromatic N) is 1. The predicted molar refractivity (Wildman–Crippen MR) is 174 cm³/mol. The number of thiophene rings is 1. The average Bonchev–Trinajstić information content (AvgIpc) is 3.55. The number of aromatic nitrogens is 1. The van der Waals surface area contributed by atoms with Gasteiger partial charge in [0.25, 0.3) is 0 Å². The molecule has 0 spiro atoms. The molecule has 0 aliphatic rings. The van der Waals surface area contributed by atoms with Crippen molar-refractivity contribution in [3.8, 4) is 16.8 Å². The number of rotatable bonds is 2. The van der Waals surface area contributed by atoms with Crippen molar-refractivity contribution < 1.29 is 0 Å². The van der Waals surface area contributed by atoms with Crippen LogP contribution in [0.3, 0.4) is 0 Å². The second-order valence-electron chi connectivity index (χ2n) is 10.6. The standard InChI is InChI=1S/C38H23NS/c1-2-9-24(10-3-1)27-13-8-14-28(21-27)39-33-19-17-25-11-4-6-15-29(25)37(33)31-22-32-36(23-34(31)39)40-35-20-18-26-12-5-7-16-30(26)38(32)35/h1-23H. The fourth-order valence-electron chi connectivity index (χ4n) is 6.56. The molecule has 0 aliphatic heterocycles. The lowest BCUT2D eigenvalue weighted by molar-refractivity contribution is 1.18. The van der Waals surface area contributed by atoms with Crippen molar-refractivity contribution in [3.05, 3.63) is 140 Å². The number of fused-ring (bicyclic) bond motifs is 10. The van der Waals surface area contributed by atoms with Gasteiger partial charge in [0.2, 0.25) is 0 Å². The van der Waals surface area contributed by atoms with Gasteiger partial charge in [-0.05, 0) is 69.1 Å². The monoisotopic (exact) mass is 525 g/mol. The van der Waals surface area contributed by atoms with E-state index in [0.29, 0.717) is 0 Å². The van der Waals surface area contributed by atoms with Crippen LogP contribution in [0, 0.1) is 0 Å². The molecule has 0 N–H and O–H groups in total. The van der Waals surface area contributed by atoms with Crippen LogP contribution in [-0.4, -0.2) is 4.57 Å². The summed E-state index contributed by atoms with van der Waals surface area (Å²) in [6.07, 6.45) is 0. The summed E-state index contributed by atoms with van der Waals surface area (Å²) in [6.45, 7) is 0. The molecular weight excluding hydrogens is 502 g/mol. The highest BCUT2D eigenvalue weighted by molar-refractivity contribution is 7.26. The Labute approximate surface area is 235 Å². The van der Waals surface area contributed by atoms with Gasteiger partial charge in [-0.3, -0.25) is 0 Å². The highest BCUT2D eigenvalue weighted by Crippen LogP contribution is 2.44. The molecule has 0 saturated heterocycles. The van der Waals surface area contributed by atoms with Gasteiger partial charge >= 0.3 is 0 Å². The first-order valence-corrected chi connectivity index (χ1v) is 14.5. The maximum atomic E-state index is 2.46. The van der Waals surface area contributed by atoms with Crippen LogP contribution in [0.15, 0.2) is 140 Å². The lowest BCUT2D eigenvalue weighted by Crippen LogP contribution is -1.94. The van der Waals surface area contributed by atoms with Gasteiger partial charge in [-0.15, -0.1) is 11.3 Å². The van der Waals surface area contributed by atoms with Crippen LogP contribution in [0.4, 0.5) is 0 Å². The van der Waals surface area contributed by atoms with Crippen molar-refractivity contribution >= 4 is 74.9 Å². The average molecular weight is 526 g/mol. The second-order valence-corrected chi connectivity index (χ2v) is 11.6. The predicted octanol–water partition coefficient (Wildman–Crippen LogP) is 11.1. The van der Waals surface area contributed by atoms with E-state index in [1.807, 2.05) is 11.3 Å². The minimum absolute atomic E-state index is 1.18. The molecule has 2 aromatic heterocycles. The zero-order valence-corrected chi connectivity index (χ0v) is 22.5. The summed E-state index contributed by atoms with van der Waals surface area (Å²) < 4.78 is 5.13. The smallest absolute Gasteiger partial charge is 0.0555 e. The highest BCUT2D eigenvalue weighted by atomic mass is 32.1. The van der Waals surface area contributed by atoms with Gasteiger partial charge in [0.15, 0.2) is 0 Å². The third kappa shape index (κ3) is 3.08. The Hall–Kier alpha value is -4.92. The van der Waals surface area contributed by atoms with E-state index in [1.54, 1.807) is 0 Å². The van der Waals surface area contributed by atoms with E-state index in [-0.39, 0.29) is 0 Å². The van der Waals surface area contributed by atoms with Crippen molar-refractivity contribution in [1.82, 2.24) is 4.57 Å². The molecule has 0 aliphatic carbocycles. The lowest BCUT2D eigenvalue weighted by Gasteiger charge is -2.11. The second kappa shape index (κ2) is 8.29. The van der Waals surface area contributed by atoms with Gasteiger partial charge in [0.05, 0.1) is 11.0 Å². The minimum Gasteiger partial charge on any atom is -0.309 e. The molecule has 0 fully saturated rings. The SMILES string of the molecule is c1ccc(-c2cccc(-n3c4cc5sc6ccc7ccccc7c6c5cc4c4c5ccccc5ccc43)c2)cc1. The van der Waals surface area contributed by atoms with Crippen LogP contribution in [0.5, 0.6) is 0 Å². The normalized spacial score (nSPS) is 12.0. The molecule has 186 valence electrons. The Morgan fingerprint density at radius 3 is 1.93 bits per heavy atom. The first-order valence-electron chi connectivity index (χ1n) is 13.7. The van der Waals surface area contributed by atoms with Gasteiger partial charge in [-0.25, -0.2) is 0 Å². The maximum absolute atomic E-state index is 2.46. The van der Waals surface area contributed by atoms with Crippen LogP contribution in [0.1, 0.15) is 0 Å². The molecule has 7 aromatic carbocycles.